The van der Waals surface area contributed by atoms with E-state index in [0.717, 1.165) is 38.8 Å². The van der Waals surface area contributed by atoms with Gasteiger partial charge in [-0.1, -0.05) is 66.2 Å². The highest BCUT2D eigenvalue weighted by atomic mass is 35.5. The lowest BCUT2D eigenvalue weighted by molar-refractivity contribution is 0.415. The highest BCUT2D eigenvalue weighted by Gasteiger charge is 2.06. The van der Waals surface area contributed by atoms with E-state index in [1.54, 1.807) is 7.11 Å². The van der Waals surface area contributed by atoms with Crippen molar-refractivity contribution in [2.45, 2.75) is 0 Å². The van der Waals surface area contributed by atoms with Gasteiger partial charge in [0.05, 0.1) is 7.11 Å². The van der Waals surface area contributed by atoms with Gasteiger partial charge in [-0.15, -0.1) is 0 Å². The zero-order valence-corrected chi connectivity index (χ0v) is 17.4. The molecule has 0 atom stereocenters. The minimum absolute atomic E-state index is 0.736. The largest absolute Gasteiger partial charge is 0.497 e. The van der Waals surface area contributed by atoms with Gasteiger partial charge in [0, 0.05) is 16.4 Å². The number of benzene rings is 4. The molecule has 3 heteroatoms. The standard InChI is InChI=1S/C27H22ClNO/c1-30-26-17-15-25(16-18-26)29-24-13-7-20(8-14-24)19-27(21-5-3-2-4-6-21)22-9-11-23(28)12-10-22/h2-19,29H,1H3/b27-19+. The van der Waals surface area contributed by atoms with E-state index in [1.165, 1.54) is 5.56 Å². The van der Waals surface area contributed by atoms with Crippen molar-refractivity contribution < 1.29 is 4.74 Å². The molecule has 4 aromatic rings. The second-order valence-corrected chi connectivity index (χ2v) is 7.34. The first kappa shape index (κ1) is 19.8. The van der Waals surface area contributed by atoms with E-state index in [0.29, 0.717) is 0 Å². The van der Waals surface area contributed by atoms with Crippen molar-refractivity contribution in [2.24, 2.45) is 0 Å². The molecule has 0 aromatic heterocycles. The van der Waals surface area contributed by atoms with E-state index in [-0.39, 0.29) is 0 Å². The molecule has 0 radical (unpaired) electrons. The molecule has 2 nitrogen and oxygen atoms in total. The lowest BCUT2D eigenvalue weighted by atomic mass is 9.96. The second kappa shape index (κ2) is 9.34. The highest BCUT2D eigenvalue weighted by Crippen LogP contribution is 2.28. The van der Waals surface area contributed by atoms with Crippen molar-refractivity contribution >= 4 is 34.6 Å². The molecule has 1 N–H and O–H groups in total. The Morgan fingerprint density at radius 1 is 0.700 bits per heavy atom. The molecular formula is C27H22ClNO. The Morgan fingerprint density at radius 3 is 1.87 bits per heavy atom. The van der Waals surface area contributed by atoms with E-state index in [1.807, 2.05) is 42.5 Å². The minimum Gasteiger partial charge on any atom is -0.497 e. The summed E-state index contributed by atoms with van der Waals surface area (Å²) < 4.78 is 5.21. The number of methoxy groups -OCH3 is 1. The summed E-state index contributed by atoms with van der Waals surface area (Å²) in [6.45, 7) is 0. The molecule has 0 saturated carbocycles. The van der Waals surface area contributed by atoms with E-state index in [2.05, 4.69) is 72.1 Å². The highest BCUT2D eigenvalue weighted by molar-refractivity contribution is 6.30. The number of halogens is 1. The Balaban J connectivity index is 1.60. The van der Waals surface area contributed by atoms with Crippen LogP contribution in [0.2, 0.25) is 5.02 Å². The Hall–Kier alpha value is -3.49. The van der Waals surface area contributed by atoms with Crippen molar-refractivity contribution in [1.82, 2.24) is 0 Å². The predicted octanol–water partition coefficient (Wildman–Crippen LogP) is 7.68. The molecule has 0 aliphatic heterocycles. The van der Waals surface area contributed by atoms with Gasteiger partial charge in [-0.2, -0.15) is 0 Å². The number of hydrogen-bond donors (Lipinski definition) is 1. The molecule has 0 aliphatic rings. The third kappa shape index (κ3) is 4.91. The molecule has 0 heterocycles. The number of ether oxygens (including phenoxy) is 1. The normalized spacial score (nSPS) is 11.2. The zero-order chi connectivity index (χ0) is 20.8. The number of rotatable bonds is 6. The Labute approximate surface area is 182 Å². The summed E-state index contributed by atoms with van der Waals surface area (Å²) in [6, 6.07) is 34.6. The van der Waals surface area contributed by atoms with Gasteiger partial charge in [0.2, 0.25) is 0 Å². The lowest BCUT2D eigenvalue weighted by Crippen LogP contribution is -1.91. The number of anilines is 2. The molecule has 0 fully saturated rings. The molecule has 0 saturated heterocycles. The monoisotopic (exact) mass is 411 g/mol. The van der Waals surface area contributed by atoms with Gasteiger partial charge in [-0.05, 0) is 76.9 Å². The van der Waals surface area contributed by atoms with E-state index in [4.69, 9.17) is 16.3 Å². The van der Waals surface area contributed by atoms with Crippen LogP contribution >= 0.6 is 11.6 Å². The first-order valence-electron chi connectivity index (χ1n) is 9.75. The first-order chi connectivity index (χ1) is 14.7. The maximum Gasteiger partial charge on any atom is 0.119 e. The van der Waals surface area contributed by atoms with Crippen LogP contribution in [0.25, 0.3) is 11.6 Å². The maximum atomic E-state index is 6.09. The average Bonchev–Trinajstić information content (AvgIpc) is 2.80. The summed E-state index contributed by atoms with van der Waals surface area (Å²) in [6.07, 6.45) is 2.20. The first-order valence-corrected chi connectivity index (χ1v) is 10.1. The van der Waals surface area contributed by atoms with Crippen LogP contribution in [0.5, 0.6) is 5.75 Å². The molecule has 30 heavy (non-hydrogen) atoms. The van der Waals surface area contributed by atoms with Crippen LogP contribution in [0.1, 0.15) is 16.7 Å². The fraction of sp³-hybridized carbons (Fsp3) is 0.0370. The van der Waals surface area contributed by atoms with Crippen molar-refractivity contribution in [3.8, 4) is 5.75 Å². The van der Waals surface area contributed by atoms with Crippen LogP contribution in [-0.4, -0.2) is 7.11 Å². The van der Waals surface area contributed by atoms with Gasteiger partial charge in [0.1, 0.15) is 5.75 Å². The van der Waals surface area contributed by atoms with Gasteiger partial charge >= 0.3 is 0 Å². The quantitative estimate of drug-likeness (QED) is 0.328. The molecule has 0 amide bonds. The summed E-state index contributed by atoms with van der Waals surface area (Å²) >= 11 is 6.09. The fourth-order valence-corrected chi connectivity index (χ4v) is 3.38. The molecule has 0 bridgehead atoms. The van der Waals surface area contributed by atoms with Crippen LogP contribution in [0.15, 0.2) is 103 Å². The zero-order valence-electron chi connectivity index (χ0n) is 16.7. The smallest absolute Gasteiger partial charge is 0.119 e. The van der Waals surface area contributed by atoms with E-state index in [9.17, 15) is 0 Å². The molecule has 0 aliphatic carbocycles. The van der Waals surface area contributed by atoms with Crippen LogP contribution in [0.3, 0.4) is 0 Å². The van der Waals surface area contributed by atoms with Gasteiger partial charge in [0.25, 0.3) is 0 Å². The fourth-order valence-electron chi connectivity index (χ4n) is 3.25. The SMILES string of the molecule is COc1ccc(Nc2ccc(/C=C(\c3ccccc3)c3ccc(Cl)cc3)cc2)cc1. The summed E-state index contributed by atoms with van der Waals surface area (Å²) in [4.78, 5) is 0. The third-order valence-electron chi connectivity index (χ3n) is 4.84. The minimum atomic E-state index is 0.736. The topological polar surface area (TPSA) is 21.3 Å². The van der Waals surface area contributed by atoms with Gasteiger partial charge in [0.15, 0.2) is 0 Å². The molecule has 4 rings (SSSR count). The number of nitrogens with one attached hydrogen (secondary N) is 1. The van der Waals surface area contributed by atoms with Gasteiger partial charge in [-0.25, -0.2) is 0 Å². The summed E-state index contributed by atoms with van der Waals surface area (Å²) in [7, 11) is 1.67. The second-order valence-electron chi connectivity index (χ2n) is 6.91. The average molecular weight is 412 g/mol. The maximum absolute atomic E-state index is 6.09. The van der Waals surface area contributed by atoms with Crippen LogP contribution < -0.4 is 10.1 Å². The molecule has 0 spiro atoms. The summed E-state index contributed by atoms with van der Waals surface area (Å²) in [5, 5.41) is 4.15. The van der Waals surface area contributed by atoms with Crippen molar-refractivity contribution in [1.29, 1.82) is 0 Å². The Kier molecular flexibility index (Phi) is 6.17. The predicted molar refractivity (Wildman–Crippen MR) is 128 cm³/mol. The third-order valence-corrected chi connectivity index (χ3v) is 5.09. The van der Waals surface area contributed by atoms with E-state index < -0.39 is 0 Å². The van der Waals surface area contributed by atoms with Crippen LogP contribution in [-0.2, 0) is 0 Å². The van der Waals surface area contributed by atoms with Crippen molar-refractivity contribution in [3.05, 3.63) is 125 Å². The van der Waals surface area contributed by atoms with Crippen molar-refractivity contribution in [3.63, 3.8) is 0 Å². The molecular weight excluding hydrogens is 390 g/mol. The van der Waals surface area contributed by atoms with Crippen LogP contribution in [0.4, 0.5) is 11.4 Å². The van der Waals surface area contributed by atoms with Crippen LogP contribution in [0, 0.1) is 0 Å². The molecule has 4 aromatic carbocycles. The van der Waals surface area contributed by atoms with E-state index >= 15 is 0 Å². The van der Waals surface area contributed by atoms with Gasteiger partial charge in [-0.3, -0.25) is 0 Å². The van der Waals surface area contributed by atoms with Crippen molar-refractivity contribution in [2.75, 3.05) is 12.4 Å². The van der Waals surface area contributed by atoms with Gasteiger partial charge < -0.3 is 10.1 Å². The lowest BCUT2D eigenvalue weighted by Gasteiger charge is -2.10. The molecule has 148 valence electrons. The molecule has 0 unspecified atom stereocenters. The Bertz CT molecular complexity index is 1120. The Morgan fingerprint density at radius 2 is 1.27 bits per heavy atom. The number of hydrogen-bond acceptors (Lipinski definition) is 2. The summed E-state index contributed by atoms with van der Waals surface area (Å²) in [5.41, 5.74) is 6.63. The summed E-state index contributed by atoms with van der Waals surface area (Å²) in [5.74, 6) is 0.844.